The lowest BCUT2D eigenvalue weighted by molar-refractivity contribution is -0.661. The molecule has 0 aromatic carbocycles. The van der Waals surface area contributed by atoms with Crippen molar-refractivity contribution in [3.05, 3.63) is 0 Å². The lowest BCUT2D eigenvalue weighted by Gasteiger charge is -2.09. The smallest absolute Gasteiger partial charge is 0.124 e. The van der Waals surface area contributed by atoms with E-state index in [1.54, 1.807) is 0 Å². The van der Waals surface area contributed by atoms with Gasteiger partial charge < -0.3 is 31.8 Å². The van der Waals surface area contributed by atoms with E-state index in [-0.39, 0.29) is 6.10 Å². The fraction of sp³-hybridized carbons (Fsp3) is 0.900. The highest BCUT2D eigenvalue weighted by atomic mass is 16.4. The molecule has 0 aromatic rings. The summed E-state index contributed by atoms with van der Waals surface area (Å²) in [5, 5.41) is 21.8. The molecule has 0 radical (unpaired) electrons. The average Bonchev–Trinajstić information content (AvgIpc) is 2.23. The van der Waals surface area contributed by atoms with Crippen LogP contribution in [0.15, 0.2) is 0 Å². The zero-order chi connectivity index (χ0) is 12.4. The van der Waals surface area contributed by atoms with Crippen molar-refractivity contribution in [2.24, 2.45) is 0 Å². The maximum atomic E-state index is 10.4. The summed E-state index contributed by atoms with van der Waals surface area (Å²) in [5.41, 5.74) is 7.17. The first kappa shape index (κ1) is 15.3. The molecule has 0 aliphatic rings. The molecule has 9 N–H and O–H groups in total. The molecule has 0 unspecified atom stereocenters. The predicted octanol–water partition coefficient (Wildman–Crippen LogP) is -4.93. The molecule has 0 rings (SSSR count). The van der Waals surface area contributed by atoms with Gasteiger partial charge in [0, 0.05) is 12.8 Å². The lowest BCUT2D eigenvalue weighted by Crippen LogP contribution is -2.86. The molecule has 0 heterocycles. The Morgan fingerprint density at radius 3 is 2.62 bits per heavy atom. The zero-order valence-corrected chi connectivity index (χ0v) is 9.86. The van der Waals surface area contributed by atoms with Crippen LogP contribution in [0.2, 0.25) is 0 Å². The number of nitrogens with two attached hydrogens (primary N) is 1. The van der Waals surface area contributed by atoms with Crippen LogP contribution in [0.1, 0.15) is 25.7 Å². The molecular formula is C10H25N3O3+2. The number of unbranched alkanes of at least 4 members (excludes halogenated alkanes) is 1. The number of rotatable bonds is 10. The molecule has 0 amide bonds. The average molecular weight is 235 g/mol. The van der Waals surface area contributed by atoms with Gasteiger partial charge in [0.05, 0.1) is 19.1 Å². The third-order valence-corrected chi connectivity index (χ3v) is 2.52. The van der Waals surface area contributed by atoms with E-state index in [1.807, 2.05) is 0 Å². The lowest BCUT2D eigenvalue weighted by atomic mass is 10.1. The third kappa shape index (κ3) is 8.60. The molecule has 0 aromatic heterocycles. The summed E-state index contributed by atoms with van der Waals surface area (Å²) in [6.45, 7) is 2.36. The molecule has 6 nitrogen and oxygen atoms in total. The molecule has 0 aliphatic carbocycles. The topological polar surface area (TPSA) is 132 Å². The van der Waals surface area contributed by atoms with Crippen LogP contribution in [0.4, 0.5) is 0 Å². The standard InChI is InChI=1S/C10H23N3O3/c11-5-4-8(14)7-13-6-2-1-3-9(12)10(15)16/h8-9,13-14H,1-7,11-12H2,(H,15,16)/p+2/t8-,9+/m1/s1. The molecule has 6 heteroatoms. The molecule has 0 bridgehead atoms. The van der Waals surface area contributed by atoms with Crippen LogP contribution in [0.3, 0.4) is 0 Å². The Morgan fingerprint density at radius 1 is 1.38 bits per heavy atom. The molecule has 16 heavy (non-hydrogen) atoms. The Bertz CT molecular complexity index is 190. The summed E-state index contributed by atoms with van der Waals surface area (Å²) in [4.78, 5) is 10.4. The fourth-order valence-electron chi connectivity index (χ4n) is 1.46. The molecule has 96 valence electrons. The van der Waals surface area contributed by atoms with Crippen molar-refractivity contribution in [2.75, 3.05) is 19.6 Å². The van der Waals surface area contributed by atoms with E-state index in [0.29, 0.717) is 13.0 Å². The van der Waals surface area contributed by atoms with E-state index < -0.39 is 12.0 Å². The van der Waals surface area contributed by atoms with Gasteiger partial charge in [0.15, 0.2) is 0 Å². The highest BCUT2D eigenvalue weighted by molar-refractivity contribution is 5.68. The number of carboxylic acids is 1. The van der Waals surface area contributed by atoms with Gasteiger partial charge in [-0.15, -0.1) is 0 Å². The fourth-order valence-corrected chi connectivity index (χ4v) is 1.46. The summed E-state index contributed by atoms with van der Waals surface area (Å²) in [5.74, 6) is -1.07. The Hall–Kier alpha value is -0.690. The van der Waals surface area contributed by atoms with E-state index in [9.17, 15) is 15.0 Å². The molecule has 2 atom stereocenters. The summed E-state index contributed by atoms with van der Waals surface area (Å²) in [6, 6.07) is -0.600. The van der Waals surface area contributed by atoms with Gasteiger partial charge in [0.1, 0.15) is 18.7 Å². The van der Waals surface area contributed by atoms with Gasteiger partial charge >= 0.3 is 0 Å². The maximum Gasteiger partial charge on any atom is 0.124 e. The van der Waals surface area contributed by atoms with E-state index in [1.165, 1.54) is 0 Å². The van der Waals surface area contributed by atoms with Crippen molar-refractivity contribution >= 4 is 5.97 Å². The summed E-state index contributed by atoms with van der Waals surface area (Å²) in [7, 11) is 0. The monoisotopic (exact) mass is 235 g/mol. The van der Waals surface area contributed by atoms with Crippen molar-refractivity contribution in [1.82, 2.24) is 0 Å². The zero-order valence-electron chi connectivity index (χ0n) is 9.86. The second-order valence-corrected chi connectivity index (χ2v) is 4.12. The minimum atomic E-state index is -1.07. The minimum Gasteiger partial charge on any atom is -0.544 e. The van der Waals surface area contributed by atoms with Crippen LogP contribution < -0.4 is 21.9 Å². The number of quaternary nitrogens is 3. The maximum absolute atomic E-state index is 10.4. The quantitative estimate of drug-likeness (QED) is 0.283. The van der Waals surface area contributed by atoms with Crippen LogP contribution in [-0.4, -0.2) is 42.9 Å². The van der Waals surface area contributed by atoms with Crippen molar-refractivity contribution in [3.63, 3.8) is 0 Å². The Labute approximate surface area is 96.0 Å². The number of hydrogen-bond donors (Lipinski definition) is 4. The summed E-state index contributed by atoms with van der Waals surface area (Å²) < 4.78 is 0. The minimum absolute atomic E-state index is 0.277. The SMILES string of the molecule is [NH3+]CC[C@@H](O)C[NH2+]CCCC[C@H]([NH3+])C(=O)[O-]. The van der Waals surface area contributed by atoms with Crippen molar-refractivity contribution in [3.8, 4) is 0 Å². The second kappa shape index (κ2) is 9.53. The highest BCUT2D eigenvalue weighted by Crippen LogP contribution is 1.94. The van der Waals surface area contributed by atoms with E-state index in [0.717, 1.165) is 32.4 Å². The normalized spacial score (nSPS) is 14.7. The summed E-state index contributed by atoms with van der Waals surface area (Å²) >= 11 is 0. The Balaban J connectivity index is 3.24. The first-order chi connectivity index (χ1) is 7.57. The molecule has 0 spiro atoms. The van der Waals surface area contributed by atoms with Gasteiger partial charge in [-0.05, 0) is 12.8 Å². The second-order valence-electron chi connectivity index (χ2n) is 4.12. The van der Waals surface area contributed by atoms with Gasteiger partial charge in [-0.3, -0.25) is 0 Å². The molecule has 0 saturated carbocycles. The van der Waals surface area contributed by atoms with Crippen LogP contribution in [0.25, 0.3) is 0 Å². The Morgan fingerprint density at radius 2 is 2.06 bits per heavy atom. The third-order valence-electron chi connectivity index (χ3n) is 2.52. The molecular weight excluding hydrogens is 210 g/mol. The first-order valence-corrected chi connectivity index (χ1v) is 5.90. The van der Waals surface area contributed by atoms with Crippen LogP contribution in [0.5, 0.6) is 0 Å². The van der Waals surface area contributed by atoms with Crippen LogP contribution >= 0.6 is 0 Å². The van der Waals surface area contributed by atoms with Crippen molar-refractivity contribution in [1.29, 1.82) is 0 Å². The molecule has 0 fully saturated rings. The number of carbonyl (C=O) groups excluding carboxylic acids is 1. The van der Waals surface area contributed by atoms with Crippen molar-refractivity contribution in [2.45, 2.75) is 37.8 Å². The van der Waals surface area contributed by atoms with Gasteiger partial charge in [-0.2, -0.15) is 0 Å². The van der Waals surface area contributed by atoms with Gasteiger partial charge in [-0.1, -0.05) is 0 Å². The number of aliphatic carboxylic acids is 1. The van der Waals surface area contributed by atoms with Crippen molar-refractivity contribution < 1.29 is 31.8 Å². The van der Waals surface area contributed by atoms with E-state index in [2.05, 4.69) is 16.8 Å². The number of aliphatic hydroxyl groups excluding tert-OH is 1. The number of aliphatic hydroxyl groups is 1. The number of carbonyl (C=O) groups is 1. The van der Waals surface area contributed by atoms with E-state index in [4.69, 9.17) is 0 Å². The van der Waals surface area contributed by atoms with Gasteiger partial charge in [0.2, 0.25) is 0 Å². The van der Waals surface area contributed by atoms with Gasteiger partial charge in [-0.25, -0.2) is 0 Å². The molecule has 0 aliphatic heterocycles. The summed E-state index contributed by atoms with van der Waals surface area (Å²) in [6.07, 6.45) is 2.81. The van der Waals surface area contributed by atoms with Gasteiger partial charge in [0.25, 0.3) is 0 Å². The van der Waals surface area contributed by atoms with E-state index >= 15 is 0 Å². The highest BCUT2D eigenvalue weighted by Gasteiger charge is 2.07. The van der Waals surface area contributed by atoms with Crippen LogP contribution in [-0.2, 0) is 4.79 Å². The molecule has 0 saturated heterocycles. The number of hydrogen-bond acceptors (Lipinski definition) is 3. The largest absolute Gasteiger partial charge is 0.544 e. The number of carboxylic acid groups (broad SMARTS) is 1. The predicted molar refractivity (Wildman–Crippen MR) is 55.6 cm³/mol. The Kier molecular flexibility index (Phi) is 9.12. The van der Waals surface area contributed by atoms with Crippen LogP contribution in [0, 0.1) is 0 Å². The first-order valence-electron chi connectivity index (χ1n) is 5.90.